The van der Waals surface area contributed by atoms with Crippen LogP contribution in [0.4, 0.5) is 0 Å². The van der Waals surface area contributed by atoms with Gasteiger partial charge in [0.15, 0.2) is 0 Å². The Labute approximate surface area is 83.1 Å². The molecule has 1 heterocycles. The zero-order chi connectivity index (χ0) is 9.97. The SMILES string of the molecule is CC(=O)N[C@H]1CO[C@H]1c1ccccc1. The first-order valence-corrected chi connectivity index (χ1v) is 4.71. The van der Waals surface area contributed by atoms with E-state index in [0.29, 0.717) is 6.61 Å². The Morgan fingerprint density at radius 2 is 2.14 bits per heavy atom. The molecule has 1 N–H and O–H groups in total. The summed E-state index contributed by atoms with van der Waals surface area (Å²) < 4.78 is 5.42. The molecular formula is C11H13NO2. The van der Waals surface area contributed by atoms with E-state index < -0.39 is 0 Å². The quantitative estimate of drug-likeness (QED) is 0.764. The van der Waals surface area contributed by atoms with Crippen LogP contribution in [-0.2, 0) is 9.53 Å². The first kappa shape index (κ1) is 9.21. The number of amides is 1. The van der Waals surface area contributed by atoms with Crippen molar-refractivity contribution < 1.29 is 9.53 Å². The molecule has 0 spiro atoms. The van der Waals surface area contributed by atoms with Gasteiger partial charge in [0, 0.05) is 6.92 Å². The molecule has 2 rings (SSSR count). The number of hydrogen-bond acceptors (Lipinski definition) is 2. The standard InChI is InChI=1S/C11H13NO2/c1-8(13)12-10-7-14-11(10)9-5-3-2-4-6-9/h2-6,10-11H,7H2,1H3,(H,12,13)/t10-,11-/m0/s1. The van der Waals surface area contributed by atoms with Gasteiger partial charge < -0.3 is 10.1 Å². The molecule has 3 nitrogen and oxygen atoms in total. The third-order valence-electron chi connectivity index (χ3n) is 2.34. The molecule has 1 fully saturated rings. The maximum absolute atomic E-state index is 10.9. The van der Waals surface area contributed by atoms with Crippen molar-refractivity contribution in [1.29, 1.82) is 0 Å². The van der Waals surface area contributed by atoms with E-state index in [1.165, 1.54) is 6.92 Å². The molecule has 14 heavy (non-hydrogen) atoms. The summed E-state index contributed by atoms with van der Waals surface area (Å²) in [4.78, 5) is 10.9. The molecule has 3 heteroatoms. The van der Waals surface area contributed by atoms with Gasteiger partial charge in [-0.15, -0.1) is 0 Å². The van der Waals surface area contributed by atoms with E-state index in [1.807, 2.05) is 30.3 Å². The molecule has 1 aromatic rings. The smallest absolute Gasteiger partial charge is 0.217 e. The molecule has 74 valence electrons. The minimum absolute atomic E-state index is 0.000712. The van der Waals surface area contributed by atoms with Crippen LogP contribution < -0.4 is 5.32 Å². The second-order valence-electron chi connectivity index (χ2n) is 3.47. The predicted molar refractivity (Wildman–Crippen MR) is 52.7 cm³/mol. The largest absolute Gasteiger partial charge is 0.369 e. The lowest BCUT2D eigenvalue weighted by atomic mass is 9.98. The third-order valence-corrected chi connectivity index (χ3v) is 2.34. The first-order valence-electron chi connectivity index (χ1n) is 4.71. The van der Waals surface area contributed by atoms with Gasteiger partial charge >= 0.3 is 0 Å². The normalized spacial score (nSPS) is 25.2. The van der Waals surface area contributed by atoms with Crippen LogP contribution >= 0.6 is 0 Å². The van der Waals surface area contributed by atoms with Crippen molar-refractivity contribution in [3.05, 3.63) is 35.9 Å². The fourth-order valence-corrected chi connectivity index (χ4v) is 1.64. The maximum Gasteiger partial charge on any atom is 0.217 e. The molecule has 1 saturated heterocycles. The average molecular weight is 191 g/mol. The van der Waals surface area contributed by atoms with Crippen LogP contribution in [0.25, 0.3) is 0 Å². The molecular weight excluding hydrogens is 178 g/mol. The van der Waals surface area contributed by atoms with Gasteiger partial charge in [-0.2, -0.15) is 0 Å². The van der Waals surface area contributed by atoms with Crippen LogP contribution in [0.5, 0.6) is 0 Å². The molecule has 2 atom stereocenters. The van der Waals surface area contributed by atoms with Gasteiger partial charge in [0.2, 0.25) is 5.91 Å². The highest BCUT2D eigenvalue weighted by Gasteiger charge is 2.33. The summed E-state index contributed by atoms with van der Waals surface area (Å²) >= 11 is 0. The van der Waals surface area contributed by atoms with E-state index in [9.17, 15) is 4.79 Å². The highest BCUT2D eigenvalue weighted by Crippen LogP contribution is 2.29. The number of benzene rings is 1. The minimum Gasteiger partial charge on any atom is -0.369 e. The number of carbonyl (C=O) groups excluding carboxylic acids is 1. The van der Waals surface area contributed by atoms with Crippen LogP contribution in [-0.4, -0.2) is 18.6 Å². The van der Waals surface area contributed by atoms with Crippen molar-refractivity contribution in [3.8, 4) is 0 Å². The molecule has 0 aromatic heterocycles. The third kappa shape index (κ3) is 1.77. The Balaban J connectivity index is 2.03. The Morgan fingerprint density at radius 1 is 1.43 bits per heavy atom. The first-order chi connectivity index (χ1) is 6.77. The number of carbonyl (C=O) groups is 1. The minimum atomic E-state index is -0.000712. The van der Waals surface area contributed by atoms with E-state index in [2.05, 4.69) is 5.32 Å². The molecule has 0 unspecified atom stereocenters. The average Bonchev–Trinajstić information content (AvgIpc) is 2.14. The van der Waals surface area contributed by atoms with E-state index in [4.69, 9.17) is 4.74 Å². The summed E-state index contributed by atoms with van der Waals surface area (Å²) in [5.74, 6) is -0.000712. The van der Waals surface area contributed by atoms with Crippen LogP contribution in [0.2, 0.25) is 0 Å². The highest BCUT2D eigenvalue weighted by molar-refractivity contribution is 5.73. The molecule has 1 aliphatic rings. The van der Waals surface area contributed by atoms with Crippen LogP contribution in [0.15, 0.2) is 30.3 Å². The summed E-state index contributed by atoms with van der Waals surface area (Å²) in [5, 5.41) is 2.86. The lowest BCUT2D eigenvalue weighted by Gasteiger charge is -2.37. The van der Waals surface area contributed by atoms with E-state index in [1.54, 1.807) is 0 Å². The molecule has 0 bridgehead atoms. The summed E-state index contributed by atoms with van der Waals surface area (Å²) in [6.07, 6.45) is 0.0279. The zero-order valence-electron chi connectivity index (χ0n) is 8.07. The van der Waals surface area contributed by atoms with E-state index >= 15 is 0 Å². The predicted octanol–water partition coefficient (Wildman–Crippen LogP) is 1.26. The topological polar surface area (TPSA) is 38.3 Å². The van der Waals surface area contributed by atoms with Gasteiger partial charge in [-0.1, -0.05) is 30.3 Å². The van der Waals surface area contributed by atoms with Crippen LogP contribution in [0, 0.1) is 0 Å². The van der Waals surface area contributed by atoms with E-state index in [0.717, 1.165) is 5.56 Å². The zero-order valence-corrected chi connectivity index (χ0v) is 8.07. The second-order valence-corrected chi connectivity index (χ2v) is 3.47. The van der Waals surface area contributed by atoms with E-state index in [-0.39, 0.29) is 18.1 Å². The Morgan fingerprint density at radius 3 is 2.64 bits per heavy atom. The summed E-state index contributed by atoms with van der Waals surface area (Å²) in [6, 6.07) is 10.1. The number of ether oxygens (including phenoxy) is 1. The number of hydrogen-bond donors (Lipinski definition) is 1. The fraction of sp³-hybridized carbons (Fsp3) is 0.364. The van der Waals surface area contributed by atoms with Crippen LogP contribution in [0.3, 0.4) is 0 Å². The maximum atomic E-state index is 10.9. The summed E-state index contributed by atoms with van der Waals surface area (Å²) in [6.45, 7) is 2.14. The van der Waals surface area contributed by atoms with Crippen molar-refractivity contribution in [2.45, 2.75) is 19.1 Å². The van der Waals surface area contributed by atoms with Crippen molar-refractivity contribution in [2.24, 2.45) is 0 Å². The fourth-order valence-electron chi connectivity index (χ4n) is 1.64. The van der Waals surface area contributed by atoms with Gasteiger partial charge in [0.25, 0.3) is 0 Å². The van der Waals surface area contributed by atoms with Gasteiger partial charge in [0.05, 0.1) is 12.6 Å². The van der Waals surface area contributed by atoms with Gasteiger partial charge in [-0.05, 0) is 5.56 Å². The van der Waals surface area contributed by atoms with Gasteiger partial charge in [-0.3, -0.25) is 4.79 Å². The molecule has 1 aromatic carbocycles. The molecule has 1 aliphatic heterocycles. The number of rotatable bonds is 2. The monoisotopic (exact) mass is 191 g/mol. The highest BCUT2D eigenvalue weighted by atomic mass is 16.5. The van der Waals surface area contributed by atoms with Gasteiger partial charge in [-0.25, -0.2) is 0 Å². The molecule has 0 aliphatic carbocycles. The van der Waals surface area contributed by atoms with Crippen molar-refractivity contribution in [1.82, 2.24) is 5.32 Å². The molecule has 0 saturated carbocycles. The summed E-state index contributed by atoms with van der Waals surface area (Å²) in [7, 11) is 0. The number of nitrogens with one attached hydrogen (secondary N) is 1. The second kappa shape index (κ2) is 3.80. The van der Waals surface area contributed by atoms with Crippen molar-refractivity contribution in [2.75, 3.05) is 6.61 Å². The van der Waals surface area contributed by atoms with Gasteiger partial charge in [0.1, 0.15) is 6.10 Å². The van der Waals surface area contributed by atoms with Crippen molar-refractivity contribution >= 4 is 5.91 Å². The molecule has 1 amide bonds. The van der Waals surface area contributed by atoms with Crippen molar-refractivity contribution in [3.63, 3.8) is 0 Å². The van der Waals surface area contributed by atoms with Crippen LogP contribution in [0.1, 0.15) is 18.6 Å². The molecule has 0 radical (unpaired) electrons. The Hall–Kier alpha value is -1.35. The lowest BCUT2D eigenvalue weighted by molar-refractivity contribution is -0.130. The Bertz CT molecular complexity index is 323. The lowest BCUT2D eigenvalue weighted by Crippen LogP contribution is -2.50. The summed E-state index contributed by atoms with van der Waals surface area (Å²) in [5.41, 5.74) is 1.12. The Kier molecular flexibility index (Phi) is 2.50.